The van der Waals surface area contributed by atoms with Gasteiger partial charge in [-0.3, -0.25) is 14.6 Å². The summed E-state index contributed by atoms with van der Waals surface area (Å²) >= 11 is 6.91. The highest BCUT2D eigenvalue weighted by Gasteiger charge is 2.18. The van der Waals surface area contributed by atoms with Crippen molar-refractivity contribution in [3.63, 3.8) is 0 Å². The van der Waals surface area contributed by atoms with Crippen molar-refractivity contribution in [1.82, 2.24) is 4.98 Å². The molecule has 2 aromatic carbocycles. The molecule has 0 bridgehead atoms. The number of carbonyl (C=O) groups is 2. The predicted molar refractivity (Wildman–Crippen MR) is 136 cm³/mol. The second-order valence-corrected chi connectivity index (χ2v) is 8.66. The zero-order chi connectivity index (χ0) is 22.9. The van der Waals surface area contributed by atoms with Crippen LogP contribution in [0.15, 0.2) is 78.0 Å². The Labute approximate surface area is 197 Å². The van der Waals surface area contributed by atoms with E-state index in [0.717, 1.165) is 22.0 Å². The quantitative estimate of drug-likeness (QED) is 0.227. The van der Waals surface area contributed by atoms with Crippen molar-refractivity contribution < 1.29 is 9.59 Å². The molecule has 8 heteroatoms. The second-order valence-electron chi connectivity index (χ2n) is 6.98. The van der Waals surface area contributed by atoms with E-state index in [0.29, 0.717) is 17.1 Å². The van der Waals surface area contributed by atoms with Crippen molar-refractivity contribution in [3.05, 3.63) is 78.6 Å². The molecular weight excluding hydrogens is 440 g/mol. The summed E-state index contributed by atoms with van der Waals surface area (Å²) in [7, 11) is 0. The normalized spacial score (nSPS) is 11.3. The summed E-state index contributed by atoms with van der Waals surface area (Å²) in [6.45, 7) is 3.52. The van der Waals surface area contributed by atoms with Crippen LogP contribution in [0.25, 0.3) is 0 Å². The van der Waals surface area contributed by atoms with Crippen LogP contribution < -0.4 is 16.0 Å². The van der Waals surface area contributed by atoms with E-state index in [1.54, 1.807) is 36.7 Å². The van der Waals surface area contributed by atoms with Crippen molar-refractivity contribution in [3.8, 4) is 0 Å². The maximum absolute atomic E-state index is 12.7. The molecule has 1 unspecified atom stereocenters. The summed E-state index contributed by atoms with van der Waals surface area (Å²) in [6.07, 6.45) is 3.98. The van der Waals surface area contributed by atoms with Gasteiger partial charge in [0.25, 0.3) is 0 Å². The van der Waals surface area contributed by atoms with Gasteiger partial charge in [0, 0.05) is 39.9 Å². The minimum Gasteiger partial charge on any atom is -0.332 e. The highest BCUT2D eigenvalue weighted by atomic mass is 32.2. The standard InChI is InChI=1S/C24H24N4O2S2/c1-3-22(23(30)26-19-11-13-25-14-12-19)32-21-6-4-5-20(15-21)28-24(31)27-18-9-7-17(8-10-18)16(2)29/h4-15,22H,3H2,1-2H3,(H,25,26,30)(H2,27,28,31). The third kappa shape index (κ3) is 6.90. The van der Waals surface area contributed by atoms with Gasteiger partial charge in [0.15, 0.2) is 10.9 Å². The lowest BCUT2D eigenvalue weighted by Gasteiger charge is -2.16. The Morgan fingerprint density at radius 3 is 2.25 bits per heavy atom. The van der Waals surface area contributed by atoms with Crippen LogP contribution >= 0.6 is 24.0 Å². The molecule has 3 N–H and O–H groups in total. The van der Waals surface area contributed by atoms with Gasteiger partial charge in [-0.1, -0.05) is 13.0 Å². The largest absolute Gasteiger partial charge is 0.332 e. The number of anilines is 3. The number of hydrogen-bond donors (Lipinski definition) is 3. The Kier molecular flexibility index (Phi) is 8.35. The summed E-state index contributed by atoms with van der Waals surface area (Å²) in [4.78, 5) is 29.0. The molecule has 0 saturated heterocycles. The monoisotopic (exact) mass is 464 g/mol. The van der Waals surface area contributed by atoms with Gasteiger partial charge in [0.2, 0.25) is 5.91 Å². The van der Waals surface area contributed by atoms with Gasteiger partial charge < -0.3 is 16.0 Å². The molecule has 6 nitrogen and oxygen atoms in total. The van der Waals surface area contributed by atoms with E-state index in [1.807, 2.05) is 43.3 Å². The van der Waals surface area contributed by atoms with E-state index in [2.05, 4.69) is 20.9 Å². The van der Waals surface area contributed by atoms with Gasteiger partial charge in [-0.25, -0.2) is 0 Å². The maximum atomic E-state index is 12.7. The molecule has 1 amide bonds. The molecule has 164 valence electrons. The van der Waals surface area contributed by atoms with E-state index in [-0.39, 0.29) is 16.9 Å². The zero-order valence-corrected chi connectivity index (χ0v) is 19.4. The number of amides is 1. The van der Waals surface area contributed by atoms with E-state index < -0.39 is 0 Å². The fourth-order valence-corrected chi connectivity index (χ4v) is 4.12. The average Bonchev–Trinajstić information content (AvgIpc) is 2.78. The predicted octanol–water partition coefficient (Wildman–Crippen LogP) is 5.60. The topological polar surface area (TPSA) is 83.1 Å². The van der Waals surface area contributed by atoms with Gasteiger partial charge in [-0.2, -0.15) is 0 Å². The number of benzene rings is 2. The third-order valence-corrected chi connectivity index (χ3v) is 6.09. The lowest BCUT2D eigenvalue weighted by molar-refractivity contribution is -0.115. The van der Waals surface area contributed by atoms with Gasteiger partial charge in [0.05, 0.1) is 5.25 Å². The Balaban J connectivity index is 1.59. The number of ketones is 1. The maximum Gasteiger partial charge on any atom is 0.237 e. The lowest BCUT2D eigenvalue weighted by atomic mass is 10.1. The Bertz CT molecular complexity index is 1090. The Morgan fingerprint density at radius 1 is 0.938 bits per heavy atom. The molecule has 0 aliphatic heterocycles. The van der Waals surface area contributed by atoms with Gasteiger partial charge >= 0.3 is 0 Å². The van der Waals surface area contributed by atoms with Crippen LogP contribution in [0.4, 0.5) is 17.1 Å². The van der Waals surface area contributed by atoms with Crippen molar-refractivity contribution in [2.75, 3.05) is 16.0 Å². The van der Waals surface area contributed by atoms with Crippen LogP contribution in [0.3, 0.4) is 0 Å². The third-order valence-electron chi connectivity index (χ3n) is 4.53. The van der Waals surface area contributed by atoms with Crippen LogP contribution in [-0.2, 0) is 4.79 Å². The van der Waals surface area contributed by atoms with Crippen molar-refractivity contribution in [2.45, 2.75) is 30.4 Å². The Morgan fingerprint density at radius 2 is 1.59 bits per heavy atom. The molecule has 1 atom stereocenters. The number of carbonyl (C=O) groups excluding carboxylic acids is 2. The molecule has 1 aromatic heterocycles. The van der Waals surface area contributed by atoms with Crippen molar-refractivity contribution >= 4 is 57.8 Å². The van der Waals surface area contributed by atoms with E-state index >= 15 is 0 Å². The molecule has 0 aliphatic carbocycles. The first kappa shape index (κ1) is 23.4. The number of thioether (sulfide) groups is 1. The molecule has 3 aromatic rings. The first-order chi connectivity index (χ1) is 15.4. The minimum atomic E-state index is -0.233. The first-order valence-electron chi connectivity index (χ1n) is 10.1. The molecule has 3 rings (SSSR count). The summed E-state index contributed by atoms with van der Waals surface area (Å²) in [5, 5.41) is 9.40. The summed E-state index contributed by atoms with van der Waals surface area (Å²) < 4.78 is 0. The molecule has 0 radical (unpaired) electrons. The SMILES string of the molecule is CCC(Sc1cccc(NC(=S)Nc2ccc(C(C)=O)cc2)c1)C(=O)Nc1ccncc1. The number of pyridine rings is 1. The number of rotatable bonds is 8. The summed E-state index contributed by atoms with van der Waals surface area (Å²) in [6, 6.07) is 18.4. The smallest absolute Gasteiger partial charge is 0.237 e. The molecule has 1 heterocycles. The van der Waals surface area contributed by atoms with E-state index in [9.17, 15) is 9.59 Å². The summed E-state index contributed by atoms with van der Waals surface area (Å²) in [5.41, 5.74) is 2.99. The van der Waals surface area contributed by atoms with Gasteiger partial charge in [-0.05, 0) is 80.2 Å². The number of hydrogen-bond acceptors (Lipinski definition) is 5. The minimum absolute atomic E-state index is 0.0198. The van der Waals surface area contributed by atoms with Gasteiger partial charge in [0.1, 0.15) is 0 Å². The number of aromatic nitrogens is 1. The number of nitrogens with zero attached hydrogens (tertiary/aromatic N) is 1. The van der Waals surface area contributed by atoms with Crippen LogP contribution in [0, 0.1) is 0 Å². The summed E-state index contributed by atoms with van der Waals surface area (Å²) in [5.74, 6) is -0.0281. The fourth-order valence-electron chi connectivity index (χ4n) is 2.87. The zero-order valence-electron chi connectivity index (χ0n) is 17.8. The molecule has 32 heavy (non-hydrogen) atoms. The van der Waals surface area contributed by atoms with Crippen LogP contribution in [-0.4, -0.2) is 27.0 Å². The number of nitrogens with one attached hydrogen (secondary N) is 3. The number of thiocarbonyl (C=S) groups is 1. The van der Waals surface area contributed by atoms with Crippen LogP contribution in [0.2, 0.25) is 0 Å². The highest BCUT2D eigenvalue weighted by molar-refractivity contribution is 8.00. The highest BCUT2D eigenvalue weighted by Crippen LogP contribution is 2.28. The van der Waals surface area contributed by atoms with E-state index in [1.165, 1.54) is 18.7 Å². The number of Topliss-reactive ketones (excluding diaryl/α,β-unsaturated/α-hetero) is 1. The fraction of sp³-hybridized carbons (Fsp3) is 0.167. The average molecular weight is 465 g/mol. The molecule has 0 spiro atoms. The second kappa shape index (κ2) is 11.4. The molecule has 0 saturated carbocycles. The molecular formula is C24H24N4O2S2. The first-order valence-corrected chi connectivity index (χ1v) is 11.4. The lowest BCUT2D eigenvalue weighted by Crippen LogP contribution is -2.24. The Hall–Kier alpha value is -3.23. The molecule has 0 fully saturated rings. The van der Waals surface area contributed by atoms with Gasteiger partial charge in [-0.15, -0.1) is 11.8 Å². The molecule has 0 aliphatic rings. The van der Waals surface area contributed by atoms with E-state index in [4.69, 9.17) is 12.2 Å². The van der Waals surface area contributed by atoms with Crippen LogP contribution in [0.1, 0.15) is 30.6 Å². The van der Waals surface area contributed by atoms with Crippen molar-refractivity contribution in [1.29, 1.82) is 0 Å². The van der Waals surface area contributed by atoms with Crippen LogP contribution in [0.5, 0.6) is 0 Å². The van der Waals surface area contributed by atoms with Crippen molar-refractivity contribution in [2.24, 2.45) is 0 Å².